The second kappa shape index (κ2) is 9.72. The maximum Gasteiger partial charge on any atom is -1.00 e. The van der Waals surface area contributed by atoms with Gasteiger partial charge in [0.2, 0.25) is 0 Å². The van der Waals surface area contributed by atoms with Gasteiger partial charge in [0.25, 0.3) is 0 Å². The van der Waals surface area contributed by atoms with E-state index in [2.05, 4.69) is 42.5 Å². The standard InChI is InChI=1S/C13H9.C3H5O2.3ClH.Zr/c1-3-7-12-10(5-1)9-11-6-2-4-8-13(11)12;1-3(4)5-2;;;;/h1-5,7-8H,9H2;1H2,2H3;3*1H;/q;;;;;+3/p-3. The summed E-state index contributed by atoms with van der Waals surface area (Å²) in [4.78, 5) is 11.3. The van der Waals surface area contributed by atoms with Crippen molar-refractivity contribution in [1.29, 1.82) is 0 Å². The zero-order valence-corrected chi connectivity index (χ0v) is 16.6. The van der Waals surface area contributed by atoms with Crippen LogP contribution in [0.25, 0.3) is 11.1 Å². The van der Waals surface area contributed by atoms with Gasteiger partial charge in [-0.2, -0.15) is 0 Å². The van der Waals surface area contributed by atoms with Gasteiger partial charge in [-0.25, -0.2) is 0 Å². The molecule has 0 amide bonds. The van der Waals surface area contributed by atoms with E-state index in [1.807, 2.05) is 0 Å². The molecule has 0 fully saturated rings. The Morgan fingerprint density at radius 1 is 1.05 bits per heavy atom. The first kappa shape index (κ1) is 21.7. The Balaban J connectivity index is 0.00000147. The largest absolute Gasteiger partial charge is 1.00 e. The van der Waals surface area contributed by atoms with Crippen LogP contribution in [-0.4, -0.2) is 13.1 Å². The zero-order chi connectivity index (χ0) is 13.2. The number of fused-ring (bicyclic) bond motifs is 3. The van der Waals surface area contributed by atoms with Gasteiger partial charge in [0.15, 0.2) is 0 Å². The maximum atomic E-state index is 11.3. The van der Waals surface area contributed by atoms with E-state index in [9.17, 15) is 4.79 Å². The SMILES string of the molecule is COC(=O)[CH2][Zr+3][c]1cccc2c1Cc1ccccc1-2.[Cl-].[Cl-].[Cl-]. The quantitative estimate of drug-likeness (QED) is 0.383. The number of methoxy groups -OCH3 is 1. The van der Waals surface area contributed by atoms with Crippen LogP contribution in [0.5, 0.6) is 0 Å². The first-order valence-corrected chi connectivity index (χ1v) is 9.27. The van der Waals surface area contributed by atoms with E-state index in [0.29, 0.717) is 4.13 Å². The van der Waals surface area contributed by atoms with Crippen LogP contribution in [0.4, 0.5) is 0 Å². The van der Waals surface area contributed by atoms with Crippen molar-refractivity contribution in [3.05, 3.63) is 53.6 Å². The normalized spacial score (nSPS) is 9.86. The smallest absolute Gasteiger partial charge is 1.00 e. The molecule has 3 rings (SSSR count). The molecule has 0 saturated carbocycles. The van der Waals surface area contributed by atoms with Crippen molar-refractivity contribution in [3.8, 4) is 11.1 Å². The second-order valence-corrected chi connectivity index (χ2v) is 7.66. The van der Waals surface area contributed by atoms with Gasteiger partial charge in [-0.3, -0.25) is 0 Å². The van der Waals surface area contributed by atoms with Crippen molar-refractivity contribution in [2.75, 3.05) is 7.11 Å². The van der Waals surface area contributed by atoms with Gasteiger partial charge in [0.05, 0.1) is 0 Å². The van der Waals surface area contributed by atoms with Crippen molar-refractivity contribution in [2.24, 2.45) is 0 Å². The topological polar surface area (TPSA) is 26.3 Å². The molecule has 0 unspecified atom stereocenters. The zero-order valence-electron chi connectivity index (χ0n) is 11.9. The summed E-state index contributed by atoms with van der Waals surface area (Å²) in [6, 6.07) is 15.1. The van der Waals surface area contributed by atoms with Gasteiger partial charge >= 0.3 is 124 Å². The summed E-state index contributed by atoms with van der Waals surface area (Å²) >= 11 is -0.880. The minimum atomic E-state index is -0.880. The molecule has 6 heteroatoms. The molecule has 1 aliphatic carbocycles. The molecule has 0 N–H and O–H groups in total. The Bertz CT molecular complexity index is 647. The van der Waals surface area contributed by atoms with Gasteiger partial charge in [-0.1, -0.05) is 0 Å². The van der Waals surface area contributed by atoms with E-state index in [0.717, 1.165) is 6.42 Å². The van der Waals surface area contributed by atoms with Crippen molar-refractivity contribution in [1.82, 2.24) is 0 Å². The predicted molar refractivity (Wildman–Crippen MR) is 71.1 cm³/mol. The maximum absolute atomic E-state index is 11.3. The van der Waals surface area contributed by atoms with Crippen molar-refractivity contribution in [2.45, 2.75) is 10.5 Å². The Kier molecular flexibility index (Phi) is 9.58. The van der Waals surface area contributed by atoms with Crippen LogP contribution in [0.15, 0.2) is 42.5 Å². The summed E-state index contributed by atoms with van der Waals surface area (Å²) in [7, 11) is 1.47. The van der Waals surface area contributed by atoms with Crippen LogP contribution >= 0.6 is 0 Å². The van der Waals surface area contributed by atoms with E-state index < -0.39 is 23.2 Å². The molecule has 2 aromatic carbocycles. The molecule has 1 aliphatic rings. The Morgan fingerprint density at radius 2 is 1.73 bits per heavy atom. The summed E-state index contributed by atoms with van der Waals surface area (Å²) < 4.78 is 6.81. The number of hydrogen-bond donors (Lipinski definition) is 0. The number of carbonyl (C=O) groups excluding carboxylic acids is 1. The minimum absolute atomic E-state index is 0. The molecule has 0 heterocycles. The van der Waals surface area contributed by atoms with Crippen LogP contribution in [0.1, 0.15) is 11.1 Å². The van der Waals surface area contributed by atoms with Gasteiger partial charge in [-0.05, 0) is 0 Å². The van der Waals surface area contributed by atoms with Crippen LogP contribution < -0.4 is 40.5 Å². The molecule has 2 aromatic rings. The fraction of sp³-hybridized carbons (Fsp3) is 0.188. The summed E-state index contributed by atoms with van der Waals surface area (Å²) in [6.07, 6.45) is 1.02. The fourth-order valence-electron chi connectivity index (χ4n) is 2.56. The number of ether oxygens (including phenoxy) is 1. The Morgan fingerprint density at radius 3 is 2.45 bits per heavy atom. The fourth-order valence-corrected chi connectivity index (χ4v) is 5.34. The average Bonchev–Trinajstić information content (AvgIpc) is 2.84. The first-order chi connectivity index (χ1) is 9.29. The first-order valence-electron chi connectivity index (χ1n) is 6.30. The molecule has 0 spiro atoms. The van der Waals surface area contributed by atoms with Crippen LogP contribution in [0.2, 0.25) is 4.13 Å². The molecule has 22 heavy (non-hydrogen) atoms. The van der Waals surface area contributed by atoms with Crippen LogP contribution in [-0.2, 0) is 39.2 Å². The van der Waals surface area contributed by atoms with Crippen molar-refractivity contribution >= 4 is 9.24 Å². The third kappa shape index (κ3) is 4.35. The average molecular weight is 436 g/mol. The third-order valence-electron chi connectivity index (χ3n) is 3.50. The molecular formula is C16H14Cl3O2Zr. The predicted octanol–water partition coefficient (Wildman–Crippen LogP) is -6.43. The molecule has 0 radical (unpaired) electrons. The molecule has 0 bridgehead atoms. The van der Waals surface area contributed by atoms with E-state index in [1.54, 1.807) is 0 Å². The van der Waals surface area contributed by atoms with E-state index in [1.165, 1.54) is 32.6 Å². The minimum Gasteiger partial charge on any atom is -1.00 e. The number of benzene rings is 2. The number of hydrogen-bond acceptors (Lipinski definition) is 2. The summed E-state index contributed by atoms with van der Waals surface area (Å²) in [6.45, 7) is 0. The van der Waals surface area contributed by atoms with Gasteiger partial charge in [0, 0.05) is 0 Å². The number of halogens is 3. The monoisotopic (exact) mass is 433 g/mol. The van der Waals surface area contributed by atoms with Crippen LogP contribution in [0.3, 0.4) is 0 Å². The molecule has 0 aromatic heterocycles. The summed E-state index contributed by atoms with van der Waals surface area (Å²) in [5.74, 6) is -0.0697. The second-order valence-electron chi connectivity index (χ2n) is 4.60. The number of carbonyl (C=O) groups is 1. The van der Waals surface area contributed by atoms with Gasteiger partial charge < -0.3 is 37.2 Å². The molecule has 115 valence electrons. The van der Waals surface area contributed by atoms with Crippen LogP contribution in [0, 0.1) is 0 Å². The Hall–Kier alpha value is -0.337. The molecule has 0 atom stereocenters. The van der Waals surface area contributed by atoms with Gasteiger partial charge in [-0.15, -0.1) is 0 Å². The van der Waals surface area contributed by atoms with Gasteiger partial charge in [0.1, 0.15) is 0 Å². The van der Waals surface area contributed by atoms with Crippen molar-refractivity contribution < 1.29 is 70.0 Å². The molecular weight excluding hydrogens is 422 g/mol. The van der Waals surface area contributed by atoms with E-state index in [-0.39, 0.29) is 43.2 Å². The van der Waals surface area contributed by atoms with E-state index >= 15 is 0 Å². The van der Waals surface area contributed by atoms with Crippen molar-refractivity contribution in [3.63, 3.8) is 0 Å². The Labute approximate surface area is 160 Å². The summed E-state index contributed by atoms with van der Waals surface area (Å²) in [5.41, 5.74) is 5.57. The number of esters is 1. The molecule has 0 saturated heterocycles. The molecule has 2 nitrogen and oxygen atoms in total. The summed E-state index contributed by atoms with van der Waals surface area (Å²) in [5, 5.41) is 0. The third-order valence-corrected chi connectivity index (χ3v) is 6.73. The number of rotatable bonds is 3. The molecule has 0 aliphatic heterocycles. The van der Waals surface area contributed by atoms with E-state index in [4.69, 9.17) is 4.74 Å².